The third-order valence-electron chi connectivity index (χ3n) is 4.82. The van der Waals surface area contributed by atoms with Crippen molar-refractivity contribution in [2.24, 2.45) is 0 Å². The lowest BCUT2D eigenvalue weighted by atomic mass is 10.1. The molecule has 9 heteroatoms. The van der Waals surface area contributed by atoms with Crippen LogP contribution in [0.15, 0.2) is 36.4 Å². The third-order valence-corrected chi connectivity index (χ3v) is 5.93. The van der Waals surface area contributed by atoms with Crippen LogP contribution in [0.1, 0.15) is 38.7 Å². The van der Waals surface area contributed by atoms with Gasteiger partial charge in [-0.2, -0.15) is 0 Å². The standard InChI is InChI=1S/C23H26Cl4N2O3/c1-3-5-10-28-23(31)20(4-2)29(13-15-6-7-16(24)11-18(15)26)22(30)14-32-21-9-8-17(25)12-19(21)27/h6-9,11-12,20H,3-5,10,13-14H2,1-2H3,(H,28,31). The lowest BCUT2D eigenvalue weighted by Crippen LogP contribution is -2.50. The molecule has 2 aromatic carbocycles. The maximum atomic E-state index is 13.2. The van der Waals surface area contributed by atoms with Gasteiger partial charge in [0.2, 0.25) is 5.91 Å². The number of hydrogen-bond donors (Lipinski definition) is 1. The molecule has 1 unspecified atom stereocenters. The van der Waals surface area contributed by atoms with Crippen LogP contribution in [0.25, 0.3) is 0 Å². The van der Waals surface area contributed by atoms with Crippen LogP contribution in [0.5, 0.6) is 5.75 Å². The molecule has 2 amide bonds. The molecule has 0 heterocycles. The van der Waals surface area contributed by atoms with Crippen LogP contribution in [-0.2, 0) is 16.1 Å². The summed E-state index contributed by atoms with van der Waals surface area (Å²) in [7, 11) is 0. The maximum Gasteiger partial charge on any atom is 0.261 e. The first-order valence-electron chi connectivity index (χ1n) is 10.4. The Hall–Kier alpha value is -1.66. The Morgan fingerprint density at radius 2 is 1.66 bits per heavy atom. The summed E-state index contributed by atoms with van der Waals surface area (Å²) in [4.78, 5) is 27.5. The minimum absolute atomic E-state index is 0.131. The van der Waals surface area contributed by atoms with E-state index in [4.69, 9.17) is 51.1 Å². The van der Waals surface area contributed by atoms with E-state index < -0.39 is 6.04 Å². The molecule has 1 N–H and O–H groups in total. The van der Waals surface area contributed by atoms with Gasteiger partial charge in [0.25, 0.3) is 5.91 Å². The van der Waals surface area contributed by atoms with Crippen molar-refractivity contribution < 1.29 is 14.3 Å². The summed E-state index contributed by atoms with van der Waals surface area (Å²) in [5.74, 6) is -0.266. The Bertz CT molecular complexity index is 939. The number of carbonyl (C=O) groups is 2. The Labute approximate surface area is 208 Å². The molecule has 2 aromatic rings. The summed E-state index contributed by atoms with van der Waals surface area (Å²) in [6.07, 6.45) is 2.24. The second-order valence-corrected chi connectivity index (χ2v) is 8.88. The van der Waals surface area contributed by atoms with Crippen molar-refractivity contribution in [3.8, 4) is 5.75 Å². The monoisotopic (exact) mass is 518 g/mol. The molecule has 0 fully saturated rings. The predicted molar refractivity (Wildman–Crippen MR) is 131 cm³/mol. The van der Waals surface area contributed by atoms with E-state index in [1.807, 2.05) is 13.8 Å². The fraction of sp³-hybridized carbons (Fsp3) is 0.391. The van der Waals surface area contributed by atoms with E-state index in [1.165, 1.54) is 11.0 Å². The normalized spacial score (nSPS) is 11.7. The zero-order valence-corrected chi connectivity index (χ0v) is 21.0. The molecular formula is C23H26Cl4N2O3. The van der Waals surface area contributed by atoms with E-state index in [2.05, 4.69) is 5.32 Å². The largest absolute Gasteiger partial charge is 0.482 e. The molecule has 0 saturated carbocycles. The van der Waals surface area contributed by atoms with E-state index in [9.17, 15) is 9.59 Å². The second kappa shape index (κ2) is 13.1. The molecular weight excluding hydrogens is 494 g/mol. The number of carbonyl (C=O) groups excluding carboxylic acids is 2. The third kappa shape index (κ3) is 7.73. The molecule has 0 aliphatic carbocycles. The minimum Gasteiger partial charge on any atom is -0.482 e. The van der Waals surface area contributed by atoms with Crippen molar-refractivity contribution in [3.63, 3.8) is 0 Å². The van der Waals surface area contributed by atoms with E-state index in [0.29, 0.717) is 44.4 Å². The van der Waals surface area contributed by atoms with Gasteiger partial charge in [-0.15, -0.1) is 0 Å². The van der Waals surface area contributed by atoms with Gasteiger partial charge in [-0.3, -0.25) is 9.59 Å². The minimum atomic E-state index is -0.685. The first-order chi connectivity index (χ1) is 15.3. The van der Waals surface area contributed by atoms with E-state index in [1.54, 1.807) is 30.3 Å². The highest BCUT2D eigenvalue weighted by atomic mass is 35.5. The summed E-state index contributed by atoms with van der Waals surface area (Å²) in [5, 5.41) is 4.56. The topological polar surface area (TPSA) is 58.6 Å². The SMILES string of the molecule is CCCCNC(=O)C(CC)N(Cc1ccc(Cl)cc1Cl)C(=O)COc1ccc(Cl)cc1Cl. The number of amides is 2. The van der Waals surface area contributed by atoms with E-state index >= 15 is 0 Å². The van der Waals surface area contributed by atoms with Gasteiger partial charge in [-0.25, -0.2) is 0 Å². The van der Waals surface area contributed by atoms with Crippen LogP contribution in [0.4, 0.5) is 0 Å². The highest BCUT2D eigenvalue weighted by Crippen LogP contribution is 2.28. The van der Waals surface area contributed by atoms with Crippen molar-refractivity contribution in [3.05, 3.63) is 62.1 Å². The molecule has 5 nitrogen and oxygen atoms in total. The molecule has 0 bridgehead atoms. The number of halogens is 4. The van der Waals surface area contributed by atoms with Crippen molar-refractivity contribution in [1.82, 2.24) is 10.2 Å². The van der Waals surface area contributed by atoms with Gasteiger partial charge >= 0.3 is 0 Å². The molecule has 0 aromatic heterocycles. The van der Waals surface area contributed by atoms with Gasteiger partial charge < -0.3 is 15.0 Å². The van der Waals surface area contributed by atoms with Crippen LogP contribution in [0.2, 0.25) is 20.1 Å². The zero-order valence-electron chi connectivity index (χ0n) is 18.0. The molecule has 0 radical (unpaired) electrons. The molecule has 0 aliphatic heterocycles. The second-order valence-electron chi connectivity index (χ2n) is 7.19. The summed E-state index contributed by atoms with van der Waals surface area (Å²) in [6.45, 7) is 4.27. The zero-order chi connectivity index (χ0) is 23.7. The first-order valence-corrected chi connectivity index (χ1v) is 11.9. The number of unbranched alkanes of at least 4 members (excludes halogenated alkanes) is 1. The van der Waals surface area contributed by atoms with Gasteiger partial charge in [0.1, 0.15) is 11.8 Å². The summed E-state index contributed by atoms with van der Waals surface area (Å²) < 4.78 is 5.63. The number of benzene rings is 2. The number of ether oxygens (including phenoxy) is 1. The number of rotatable bonds is 11. The summed E-state index contributed by atoms with van der Waals surface area (Å²) >= 11 is 24.4. The molecule has 0 aliphatic rings. The highest BCUT2D eigenvalue weighted by Gasteiger charge is 2.29. The highest BCUT2D eigenvalue weighted by molar-refractivity contribution is 6.35. The summed E-state index contributed by atoms with van der Waals surface area (Å²) in [5.41, 5.74) is 0.675. The predicted octanol–water partition coefficient (Wildman–Crippen LogP) is 6.40. The fourth-order valence-corrected chi connectivity index (χ4v) is 4.01. The van der Waals surface area contributed by atoms with E-state index in [-0.39, 0.29) is 25.0 Å². The molecule has 2 rings (SSSR count). The van der Waals surface area contributed by atoms with Crippen LogP contribution in [0.3, 0.4) is 0 Å². The van der Waals surface area contributed by atoms with Crippen molar-refractivity contribution in [2.75, 3.05) is 13.2 Å². The van der Waals surface area contributed by atoms with Crippen LogP contribution < -0.4 is 10.1 Å². The van der Waals surface area contributed by atoms with Gasteiger partial charge in [0.15, 0.2) is 6.61 Å². The van der Waals surface area contributed by atoms with Crippen molar-refractivity contribution >= 4 is 58.2 Å². The lowest BCUT2D eigenvalue weighted by Gasteiger charge is -2.31. The van der Waals surface area contributed by atoms with E-state index in [0.717, 1.165) is 12.8 Å². The number of hydrogen-bond acceptors (Lipinski definition) is 3. The van der Waals surface area contributed by atoms with Crippen LogP contribution in [0, 0.1) is 0 Å². The van der Waals surface area contributed by atoms with Gasteiger partial charge in [0.05, 0.1) is 5.02 Å². The van der Waals surface area contributed by atoms with Crippen molar-refractivity contribution in [2.45, 2.75) is 45.7 Å². The average molecular weight is 520 g/mol. The van der Waals surface area contributed by atoms with Crippen molar-refractivity contribution in [1.29, 1.82) is 0 Å². The smallest absolute Gasteiger partial charge is 0.261 e. The maximum absolute atomic E-state index is 13.2. The molecule has 32 heavy (non-hydrogen) atoms. The molecule has 174 valence electrons. The number of nitrogens with one attached hydrogen (secondary N) is 1. The van der Waals surface area contributed by atoms with Crippen LogP contribution >= 0.6 is 46.4 Å². The summed E-state index contributed by atoms with van der Waals surface area (Å²) in [6, 6.07) is 9.09. The molecule has 0 saturated heterocycles. The Morgan fingerprint density at radius 3 is 2.25 bits per heavy atom. The van der Waals surface area contributed by atoms with Gasteiger partial charge in [-0.1, -0.05) is 72.7 Å². The molecule has 1 atom stereocenters. The fourth-order valence-electron chi connectivity index (χ4n) is 3.07. The van der Waals surface area contributed by atoms with Gasteiger partial charge in [-0.05, 0) is 48.7 Å². The Morgan fingerprint density at radius 1 is 1.00 bits per heavy atom. The first kappa shape index (κ1) is 26.6. The Kier molecular flexibility index (Phi) is 10.9. The molecule has 0 spiro atoms. The average Bonchev–Trinajstić information content (AvgIpc) is 2.74. The van der Waals surface area contributed by atoms with Gasteiger partial charge in [0, 0.05) is 28.2 Å². The Balaban J connectivity index is 2.24. The quantitative estimate of drug-likeness (QED) is 0.349. The number of nitrogens with zero attached hydrogens (tertiary/aromatic N) is 1. The lowest BCUT2D eigenvalue weighted by molar-refractivity contribution is -0.143. The van der Waals surface area contributed by atoms with Crippen LogP contribution in [-0.4, -0.2) is 35.9 Å².